The van der Waals surface area contributed by atoms with Gasteiger partial charge in [0.1, 0.15) is 0 Å². The van der Waals surface area contributed by atoms with E-state index in [1.807, 2.05) is 0 Å². The molecule has 0 N–H and O–H groups in total. The van der Waals surface area contributed by atoms with Crippen molar-refractivity contribution < 1.29 is 23.5 Å². The molecule has 0 aromatic heterocycles. The fourth-order valence-electron chi connectivity index (χ4n) is 3.54. The maximum absolute atomic E-state index is 12.7. The minimum absolute atomic E-state index is 0.0606. The third-order valence-corrected chi connectivity index (χ3v) is 10.5. The summed E-state index contributed by atoms with van der Waals surface area (Å²) in [4.78, 5) is 24.6. The van der Waals surface area contributed by atoms with Crippen molar-refractivity contribution in [3.63, 3.8) is 0 Å². The number of esters is 2. The van der Waals surface area contributed by atoms with Gasteiger partial charge < -0.3 is 13.9 Å². The predicted molar refractivity (Wildman–Crippen MR) is 114 cm³/mol. The Morgan fingerprint density at radius 1 is 1.17 bits per heavy atom. The van der Waals surface area contributed by atoms with Crippen LogP contribution >= 0.6 is 0 Å². The van der Waals surface area contributed by atoms with Crippen molar-refractivity contribution >= 4 is 20.3 Å². The van der Waals surface area contributed by atoms with Crippen LogP contribution in [0.5, 0.6) is 0 Å². The molecule has 164 valence electrons. The molecule has 1 aliphatic rings. The first kappa shape index (κ1) is 25.2. The van der Waals surface area contributed by atoms with Gasteiger partial charge in [-0.3, -0.25) is 9.59 Å². The zero-order valence-electron chi connectivity index (χ0n) is 19.0. The lowest BCUT2D eigenvalue weighted by Crippen LogP contribution is -2.39. The van der Waals surface area contributed by atoms with Gasteiger partial charge in [-0.05, 0) is 62.7 Å². The van der Waals surface area contributed by atoms with Gasteiger partial charge in [0.15, 0.2) is 0 Å². The Balaban J connectivity index is 2.98. The first-order valence-corrected chi connectivity index (χ1v) is 13.5. The Labute approximate surface area is 176 Å². The molecule has 0 aromatic rings. The van der Waals surface area contributed by atoms with Crippen LogP contribution in [0.25, 0.3) is 0 Å². The molecule has 0 radical (unpaired) electrons. The van der Waals surface area contributed by atoms with Crippen LogP contribution in [0.3, 0.4) is 0 Å². The van der Waals surface area contributed by atoms with Gasteiger partial charge in [0.05, 0.1) is 37.4 Å². The van der Waals surface area contributed by atoms with Gasteiger partial charge in [0.2, 0.25) is 8.32 Å². The van der Waals surface area contributed by atoms with E-state index in [-0.39, 0.29) is 41.8 Å². The fraction of sp³-hybridized carbons (Fsp3) is 0.773. The lowest BCUT2D eigenvalue weighted by Gasteiger charge is -2.35. The SMILES string of the molecule is CCOC(=O)C[C@H]1CC[C@H]([C@H](C#N)/C=C/O[Si](C)(C)C(C)(C)C)[C@H]1C(=O)OCC. The van der Waals surface area contributed by atoms with Crippen molar-refractivity contribution in [1.29, 1.82) is 5.26 Å². The van der Waals surface area contributed by atoms with Crippen LogP contribution in [-0.2, 0) is 23.5 Å². The number of carbonyl (C=O) groups excluding carboxylic acids is 2. The van der Waals surface area contributed by atoms with Gasteiger partial charge in [-0.2, -0.15) is 5.26 Å². The Kier molecular flexibility index (Phi) is 9.41. The summed E-state index contributed by atoms with van der Waals surface area (Å²) < 4.78 is 16.4. The van der Waals surface area contributed by atoms with E-state index < -0.39 is 20.2 Å². The normalized spacial score (nSPS) is 23.4. The van der Waals surface area contributed by atoms with Crippen LogP contribution in [0.1, 0.15) is 53.9 Å². The zero-order valence-corrected chi connectivity index (χ0v) is 20.0. The zero-order chi connectivity index (χ0) is 22.2. The van der Waals surface area contributed by atoms with E-state index in [2.05, 4.69) is 39.9 Å². The maximum Gasteiger partial charge on any atom is 0.309 e. The number of carbonyl (C=O) groups is 2. The maximum atomic E-state index is 12.7. The molecule has 6 nitrogen and oxygen atoms in total. The van der Waals surface area contributed by atoms with Crippen molar-refractivity contribution in [3.8, 4) is 6.07 Å². The quantitative estimate of drug-likeness (QED) is 0.300. The summed E-state index contributed by atoms with van der Waals surface area (Å²) in [6.07, 6.45) is 4.98. The van der Waals surface area contributed by atoms with E-state index in [1.54, 1.807) is 26.2 Å². The second-order valence-corrected chi connectivity index (χ2v) is 13.9. The van der Waals surface area contributed by atoms with E-state index >= 15 is 0 Å². The van der Waals surface area contributed by atoms with Gasteiger partial charge in [-0.15, -0.1) is 0 Å². The second kappa shape index (κ2) is 10.8. The molecule has 7 heteroatoms. The molecule has 0 amide bonds. The van der Waals surface area contributed by atoms with Crippen LogP contribution in [0.15, 0.2) is 12.3 Å². The van der Waals surface area contributed by atoms with Crippen LogP contribution < -0.4 is 0 Å². The Morgan fingerprint density at radius 2 is 1.79 bits per heavy atom. The van der Waals surface area contributed by atoms with Gasteiger partial charge >= 0.3 is 11.9 Å². The number of nitriles is 1. The summed E-state index contributed by atoms with van der Waals surface area (Å²) in [5, 5.41) is 9.83. The fourth-order valence-corrected chi connectivity index (χ4v) is 4.31. The molecule has 0 spiro atoms. The minimum Gasteiger partial charge on any atom is -0.549 e. The third kappa shape index (κ3) is 6.88. The minimum atomic E-state index is -1.97. The first-order valence-electron chi connectivity index (χ1n) is 10.5. The predicted octanol–water partition coefficient (Wildman–Crippen LogP) is 4.82. The van der Waals surface area contributed by atoms with E-state index in [0.29, 0.717) is 19.4 Å². The number of rotatable bonds is 9. The Morgan fingerprint density at radius 3 is 2.31 bits per heavy atom. The summed E-state index contributed by atoms with van der Waals surface area (Å²) in [5.41, 5.74) is 0. The number of allylic oxidation sites excluding steroid dienone is 1. The summed E-state index contributed by atoms with van der Waals surface area (Å²) in [6, 6.07) is 2.32. The molecule has 0 aromatic carbocycles. The monoisotopic (exact) mass is 423 g/mol. The van der Waals surface area contributed by atoms with Crippen molar-refractivity contribution in [2.24, 2.45) is 23.7 Å². The Hall–Kier alpha value is -1.81. The highest BCUT2D eigenvalue weighted by atomic mass is 28.4. The van der Waals surface area contributed by atoms with E-state index in [1.165, 1.54) is 0 Å². The summed E-state index contributed by atoms with van der Waals surface area (Å²) in [5.74, 6) is -1.95. The average molecular weight is 424 g/mol. The molecule has 1 rings (SSSR count). The number of ether oxygens (including phenoxy) is 2. The molecule has 1 aliphatic carbocycles. The van der Waals surface area contributed by atoms with Gasteiger partial charge in [-0.25, -0.2) is 0 Å². The molecule has 0 unspecified atom stereocenters. The standard InChI is InChI=1S/C22H37NO5Si/c1-8-26-19(24)14-16-10-11-18(20(16)21(25)27-9-2)17(15-23)12-13-28-29(6,7)22(3,4)5/h12-13,16-18,20H,8-11,14H2,1-7H3/b13-12+/t16-,17+,18-,20+/m1/s1. The van der Waals surface area contributed by atoms with Gasteiger partial charge in [-0.1, -0.05) is 20.8 Å². The van der Waals surface area contributed by atoms with E-state index in [0.717, 1.165) is 0 Å². The molecule has 0 heterocycles. The van der Waals surface area contributed by atoms with Crippen molar-refractivity contribution in [2.75, 3.05) is 13.2 Å². The average Bonchev–Trinajstić information content (AvgIpc) is 3.01. The molecule has 0 bridgehead atoms. The van der Waals surface area contributed by atoms with Crippen molar-refractivity contribution in [1.82, 2.24) is 0 Å². The highest BCUT2D eigenvalue weighted by Crippen LogP contribution is 2.44. The van der Waals surface area contributed by atoms with E-state index in [4.69, 9.17) is 13.9 Å². The molecule has 0 saturated heterocycles. The lowest BCUT2D eigenvalue weighted by atomic mass is 9.80. The van der Waals surface area contributed by atoms with Crippen LogP contribution in [0.4, 0.5) is 0 Å². The highest BCUT2D eigenvalue weighted by molar-refractivity contribution is 6.74. The number of hydrogen-bond acceptors (Lipinski definition) is 6. The van der Waals surface area contributed by atoms with E-state index in [9.17, 15) is 14.9 Å². The topological polar surface area (TPSA) is 85.6 Å². The molecular weight excluding hydrogens is 386 g/mol. The second-order valence-electron chi connectivity index (χ2n) is 9.15. The smallest absolute Gasteiger partial charge is 0.309 e. The molecular formula is C22H37NO5Si. The summed E-state index contributed by atoms with van der Waals surface area (Å²) >= 11 is 0. The lowest BCUT2D eigenvalue weighted by molar-refractivity contribution is -0.152. The number of nitrogens with zero attached hydrogens (tertiary/aromatic N) is 1. The van der Waals surface area contributed by atoms with Gasteiger partial charge in [0, 0.05) is 6.42 Å². The third-order valence-electron chi connectivity index (χ3n) is 6.20. The molecule has 1 saturated carbocycles. The highest BCUT2D eigenvalue weighted by Gasteiger charge is 2.46. The molecule has 29 heavy (non-hydrogen) atoms. The van der Waals surface area contributed by atoms with Crippen LogP contribution in [-0.4, -0.2) is 33.5 Å². The Bertz CT molecular complexity index is 632. The number of hydrogen-bond donors (Lipinski definition) is 0. The van der Waals surface area contributed by atoms with Crippen molar-refractivity contribution in [2.45, 2.75) is 72.0 Å². The van der Waals surface area contributed by atoms with Crippen LogP contribution in [0.2, 0.25) is 18.1 Å². The largest absolute Gasteiger partial charge is 0.549 e. The van der Waals surface area contributed by atoms with Crippen molar-refractivity contribution in [3.05, 3.63) is 12.3 Å². The molecule has 1 fully saturated rings. The first-order chi connectivity index (χ1) is 13.5. The summed E-state index contributed by atoms with van der Waals surface area (Å²) in [7, 11) is -1.97. The van der Waals surface area contributed by atoms with Crippen LogP contribution in [0, 0.1) is 35.0 Å². The summed E-state index contributed by atoms with van der Waals surface area (Å²) in [6.45, 7) is 14.9. The van der Waals surface area contributed by atoms with Gasteiger partial charge in [0.25, 0.3) is 0 Å². The molecule has 0 aliphatic heterocycles. The molecule has 4 atom stereocenters.